The largest absolute Gasteiger partial charge is 0.395 e. The molecule has 7 heteroatoms. The van der Waals surface area contributed by atoms with Crippen LogP contribution in [0, 0.1) is 67.5 Å². The summed E-state index contributed by atoms with van der Waals surface area (Å²) in [7, 11) is 0. The number of fused-ring (bicyclic) bond motifs is 7. The Balaban J connectivity index is 1.17. The fraction of sp³-hybridized carbons (Fsp3) is 0.950. The van der Waals surface area contributed by atoms with E-state index in [2.05, 4.69) is 46.4 Å². The molecule has 0 radical (unpaired) electrons. The van der Waals surface area contributed by atoms with Crippen molar-refractivity contribution < 1.29 is 24.9 Å². The molecular weight excluding hydrogens is 588 g/mol. The van der Waals surface area contributed by atoms with E-state index in [1.54, 1.807) is 11.8 Å². The Morgan fingerprint density at radius 1 is 0.681 bits per heavy atom. The number of hydrogen-bond acceptors (Lipinski definition) is 5. The van der Waals surface area contributed by atoms with Gasteiger partial charge >= 0.3 is 0 Å². The van der Waals surface area contributed by atoms with Crippen LogP contribution in [0.4, 0.5) is 0 Å². The number of aliphatic hydroxyl groups excluding tert-OH is 3. The second-order valence-corrected chi connectivity index (χ2v) is 20.0. The van der Waals surface area contributed by atoms with Gasteiger partial charge in [0.2, 0.25) is 11.8 Å². The number of nitrogens with zero attached hydrogens (tertiary/aromatic N) is 2. The first-order valence-electron chi connectivity index (χ1n) is 19.5. The number of aliphatic hydroxyl groups is 3. The summed E-state index contributed by atoms with van der Waals surface area (Å²) in [6.45, 7) is 18.0. The Labute approximate surface area is 284 Å². The van der Waals surface area contributed by atoms with Crippen LogP contribution in [0.15, 0.2) is 0 Å². The van der Waals surface area contributed by atoms with Crippen LogP contribution in [-0.2, 0) is 9.59 Å². The van der Waals surface area contributed by atoms with Crippen LogP contribution in [-0.4, -0.2) is 82.4 Å². The van der Waals surface area contributed by atoms with Crippen LogP contribution in [0.1, 0.15) is 126 Å². The van der Waals surface area contributed by atoms with E-state index in [9.17, 15) is 20.1 Å². The molecule has 0 aromatic heterocycles. The lowest BCUT2D eigenvalue weighted by Crippen LogP contribution is -2.68. The van der Waals surface area contributed by atoms with Crippen molar-refractivity contribution in [1.29, 1.82) is 0 Å². The highest BCUT2D eigenvalue weighted by Gasteiger charge is 2.73. The maximum absolute atomic E-state index is 15.0. The van der Waals surface area contributed by atoms with Gasteiger partial charge in [0.25, 0.3) is 0 Å². The van der Waals surface area contributed by atoms with Crippen molar-refractivity contribution in [3.05, 3.63) is 0 Å². The highest BCUT2D eigenvalue weighted by molar-refractivity contribution is 5.85. The molecule has 7 rings (SSSR count). The van der Waals surface area contributed by atoms with Gasteiger partial charge in [-0.05, 0) is 141 Å². The molecule has 3 unspecified atom stereocenters. The average Bonchev–Trinajstić information content (AvgIpc) is 3.67. The van der Waals surface area contributed by atoms with Crippen molar-refractivity contribution in [1.82, 2.24) is 9.80 Å². The topological polar surface area (TPSA) is 101 Å². The Morgan fingerprint density at radius 2 is 1.32 bits per heavy atom. The molecule has 7 nitrogen and oxygen atoms in total. The second kappa shape index (κ2) is 10.9. The molecule has 266 valence electrons. The average molecular weight is 655 g/mol. The molecule has 7 fully saturated rings. The van der Waals surface area contributed by atoms with Crippen LogP contribution >= 0.6 is 0 Å². The summed E-state index contributed by atoms with van der Waals surface area (Å²) < 4.78 is 0. The Morgan fingerprint density at radius 3 is 1.94 bits per heavy atom. The third-order valence-electron chi connectivity index (χ3n) is 17.8. The molecule has 3 N–H and O–H groups in total. The molecule has 0 spiro atoms. The highest BCUT2D eigenvalue weighted by atomic mass is 16.3. The van der Waals surface area contributed by atoms with E-state index in [4.69, 9.17) is 0 Å². The lowest BCUT2D eigenvalue weighted by Gasteiger charge is -2.73. The van der Waals surface area contributed by atoms with Gasteiger partial charge in [-0.25, -0.2) is 0 Å². The monoisotopic (exact) mass is 654 g/mol. The van der Waals surface area contributed by atoms with Gasteiger partial charge in [0.05, 0.1) is 30.1 Å². The van der Waals surface area contributed by atoms with Gasteiger partial charge < -0.3 is 25.1 Å². The number of amides is 2. The van der Waals surface area contributed by atoms with Gasteiger partial charge in [0.15, 0.2) is 0 Å². The summed E-state index contributed by atoms with van der Waals surface area (Å²) in [4.78, 5) is 32.1. The third kappa shape index (κ3) is 4.52. The van der Waals surface area contributed by atoms with Gasteiger partial charge in [-0.3, -0.25) is 9.59 Å². The van der Waals surface area contributed by atoms with Crippen LogP contribution in [0.5, 0.6) is 0 Å². The van der Waals surface area contributed by atoms with Crippen LogP contribution in [0.2, 0.25) is 0 Å². The van der Waals surface area contributed by atoms with Gasteiger partial charge in [-0.2, -0.15) is 0 Å². The predicted octanol–water partition coefficient (Wildman–Crippen LogP) is 5.89. The lowest BCUT2D eigenvalue weighted by atomic mass is 9.32. The molecule has 10 atom stereocenters. The zero-order chi connectivity index (χ0) is 34.0. The number of carbonyl (C=O) groups excluding carboxylic acids is 2. The maximum atomic E-state index is 15.0. The zero-order valence-electron chi connectivity index (χ0n) is 30.7. The van der Waals surface area contributed by atoms with Gasteiger partial charge in [-0.1, -0.05) is 41.5 Å². The smallest absolute Gasteiger partial charge is 0.233 e. The molecule has 7 aliphatic rings. The third-order valence-corrected chi connectivity index (χ3v) is 17.8. The molecule has 2 amide bonds. The fourth-order valence-corrected chi connectivity index (χ4v) is 14.3. The predicted molar refractivity (Wildman–Crippen MR) is 183 cm³/mol. The highest BCUT2D eigenvalue weighted by Crippen LogP contribution is 2.79. The number of rotatable bonds is 5. The SMILES string of the molecule is CC(CO)(CO)C(=O)N1CCN(C(=O)[C@]23CC[C@@H](C4(C)CC4)C2[C@H]2CCC4[C@@]5(C)CC[C@H](O)C(C)(C)C5CC[C@@]4(C)[C@]2(C)CC3)CC1. The van der Waals surface area contributed by atoms with Gasteiger partial charge in [-0.15, -0.1) is 0 Å². The first-order valence-corrected chi connectivity index (χ1v) is 19.5. The van der Waals surface area contributed by atoms with E-state index < -0.39 is 5.41 Å². The molecule has 6 saturated carbocycles. The van der Waals surface area contributed by atoms with Crippen molar-refractivity contribution >= 4 is 11.8 Å². The van der Waals surface area contributed by atoms with Crippen molar-refractivity contribution in [2.24, 2.45) is 67.5 Å². The summed E-state index contributed by atoms with van der Waals surface area (Å²) in [5.41, 5.74) is -0.439. The summed E-state index contributed by atoms with van der Waals surface area (Å²) in [5, 5.41) is 30.8. The van der Waals surface area contributed by atoms with E-state index in [1.165, 1.54) is 44.9 Å². The van der Waals surface area contributed by atoms with Crippen molar-refractivity contribution in [3.8, 4) is 0 Å². The van der Waals surface area contributed by atoms with Gasteiger partial charge in [0, 0.05) is 26.2 Å². The first-order chi connectivity index (χ1) is 22.0. The molecule has 1 saturated heterocycles. The number of hydrogen-bond donors (Lipinski definition) is 3. The van der Waals surface area contributed by atoms with Crippen molar-refractivity contribution in [2.75, 3.05) is 39.4 Å². The van der Waals surface area contributed by atoms with E-state index >= 15 is 4.79 Å². The molecule has 0 aromatic rings. The van der Waals surface area contributed by atoms with E-state index in [0.29, 0.717) is 67.1 Å². The molecular formula is C40H66N2O5. The minimum absolute atomic E-state index is 0.0409. The molecule has 47 heavy (non-hydrogen) atoms. The fourth-order valence-electron chi connectivity index (χ4n) is 14.3. The van der Waals surface area contributed by atoms with Gasteiger partial charge in [0.1, 0.15) is 0 Å². The van der Waals surface area contributed by atoms with Crippen molar-refractivity contribution in [2.45, 2.75) is 132 Å². The quantitative estimate of drug-likeness (QED) is 0.343. The van der Waals surface area contributed by atoms with Crippen LogP contribution in [0.3, 0.4) is 0 Å². The molecule has 1 heterocycles. The minimum atomic E-state index is -1.18. The molecule has 0 aromatic carbocycles. The van der Waals surface area contributed by atoms with E-state index in [-0.39, 0.29) is 52.3 Å². The second-order valence-electron chi connectivity index (χ2n) is 20.0. The normalized spacial score (nSPS) is 46.9. The molecule has 0 bridgehead atoms. The minimum Gasteiger partial charge on any atom is -0.395 e. The number of piperazine rings is 1. The zero-order valence-corrected chi connectivity index (χ0v) is 30.7. The van der Waals surface area contributed by atoms with Crippen molar-refractivity contribution in [3.63, 3.8) is 0 Å². The molecule has 1 aliphatic heterocycles. The van der Waals surface area contributed by atoms with Crippen LogP contribution < -0.4 is 0 Å². The maximum Gasteiger partial charge on any atom is 0.233 e. The Hall–Kier alpha value is -1.18. The Kier molecular flexibility index (Phi) is 7.96. The first kappa shape index (κ1) is 34.3. The molecule has 6 aliphatic carbocycles. The Bertz CT molecular complexity index is 1270. The van der Waals surface area contributed by atoms with E-state index in [0.717, 1.165) is 32.1 Å². The summed E-state index contributed by atoms with van der Waals surface area (Å²) in [6.07, 6.45) is 13.7. The summed E-state index contributed by atoms with van der Waals surface area (Å²) in [6, 6.07) is 0. The van der Waals surface area contributed by atoms with Crippen LogP contribution in [0.25, 0.3) is 0 Å². The standard InChI is InChI=1S/C40H66N2O5/c1-34(2)28-11-14-39(7)29(37(28,5)13-12-30(34)45)9-8-27-31-26(35(3)16-17-35)10-15-40(31,19-18-38(27,39)6)33(47)42-22-20-41(21-23-42)32(46)36(4,24-43)25-44/h26-31,43-45H,8-25H2,1-7H3/t26-,27-,28?,29?,30+,31?,37+,38-,39-,40+/m1/s1. The van der Waals surface area contributed by atoms with E-state index in [1.807, 2.05) is 0 Å². The number of carbonyl (C=O) groups is 2. The summed E-state index contributed by atoms with van der Waals surface area (Å²) in [5.74, 6) is 2.98. The lowest BCUT2D eigenvalue weighted by molar-refractivity contribution is -0.249. The summed E-state index contributed by atoms with van der Waals surface area (Å²) >= 11 is 0.